The molecule has 66 valence electrons. The normalized spacial score (nSPS) is 12.8. The summed E-state index contributed by atoms with van der Waals surface area (Å²) in [6.07, 6.45) is -0.846. The van der Waals surface area contributed by atoms with Crippen molar-refractivity contribution in [1.82, 2.24) is 0 Å². The molecule has 0 aliphatic rings. The highest BCUT2D eigenvalue weighted by Gasteiger charge is 2.20. The standard InChI is InChI=1S/C7H7BrO3S/c1-11-6(7(9)10)4-2-3-5(8)12-4/h2-3,6H,1H3,(H,9,10)/t6-/m1/s1. The van der Waals surface area contributed by atoms with Crippen molar-refractivity contribution in [2.24, 2.45) is 0 Å². The summed E-state index contributed by atoms with van der Waals surface area (Å²) < 4.78 is 5.70. The highest BCUT2D eigenvalue weighted by atomic mass is 79.9. The molecule has 1 aromatic heterocycles. The van der Waals surface area contributed by atoms with Crippen LogP contribution in [0, 0.1) is 0 Å². The molecule has 0 unspecified atom stereocenters. The molecule has 0 fully saturated rings. The van der Waals surface area contributed by atoms with Crippen LogP contribution in [0.1, 0.15) is 11.0 Å². The van der Waals surface area contributed by atoms with Crippen LogP contribution in [0.25, 0.3) is 0 Å². The van der Waals surface area contributed by atoms with Gasteiger partial charge in [-0.1, -0.05) is 0 Å². The minimum absolute atomic E-state index is 0.692. The topological polar surface area (TPSA) is 46.5 Å². The van der Waals surface area contributed by atoms with E-state index in [-0.39, 0.29) is 0 Å². The Bertz CT molecular complexity index is 284. The van der Waals surface area contributed by atoms with E-state index in [0.29, 0.717) is 4.88 Å². The second-order valence-corrected chi connectivity index (χ2v) is 4.59. The van der Waals surface area contributed by atoms with E-state index in [9.17, 15) is 4.79 Å². The molecule has 1 aromatic rings. The molecule has 1 atom stereocenters. The van der Waals surface area contributed by atoms with E-state index >= 15 is 0 Å². The third-order valence-corrected chi connectivity index (χ3v) is 2.98. The van der Waals surface area contributed by atoms with Gasteiger partial charge in [-0.3, -0.25) is 0 Å². The van der Waals surface area contributed by atoms with Gasteiger partial charge in [-0.25, -0.2) is 4.79 Å². The first-order chi connectivity index (χ1) is 5.65. The lowest BCUT2D eigenvalue weighted by molar-refractivity contribution is -0.148. The first-order valence-electron chi connectivity index (χ1n) is 3.16. The molecule has 0 aromatic carbocycles. The number of methoxy groups -OCH3 is 1. The molecule has 0 aliphatic heterocycles. The zero-order valence-electron chi connectivity index (χ0n) is 6.28. The number of hydrogen-bond donors (Lipinski definition) is 1. The lowest BCUT2D eigenvalue weighted by Crippen LogP contribution is -2.11. The minimum Gasteiger partial charge on any atom is -0.479 e. The van der Waals surface area contributed by atoms with Crippen molar-refractivity contribution in [3.63, 3.8) is 0 Å². The van der Waals surface area contributed by atoms with E-state index in [1.165, 1.54) is 18.4 Å². The second kappa shape index (κ2) is 4.02. The van der Waals surface area contributed by atoms with Gasteiger partial charge in [-0.05, 0) is 28.1 Å². The molecular weight excluding hydrogens is 244 g/mol. The monoisotopic (exact) mass is 250 g/mol. The van der Waals surface area contributed by atoms with Crippen LogP contribution in [0.5, 0.6) is 0 Å². The lowest BCUT2D eigenvalue weighted by atomic mass is 10.3. The summed E-state index contributed by atoms with van der Waals surface area (Å²) in [5, 5.41) is 8.70. The summed E-state index contributed by atoms with van der Waals surface area (Å²) in [5.74, 6) is -0.966. The minimum atomic E-state index is -0.966. The smallest absolute Gasteiger partial charge is 0.338 e. The van der Waals surface area contributed by atoms with Gasteiger partial charge < -0.3 is 9.84 Å². The quantitative estimate of drug-likeness (QED) is 0.896. The molecule has 0 saturated heterocycles. The molecule has 1 N–H and O–H groups in total. The summed E-state index contributed by atoms with van der Waals surface area (Å²) in [5.41, 5.74) is 0. The van der Waals surface area contributed by atoms with Gasteiger partial charge in [0.2, 0.25) is 0 Å². The van der Waals surface area contributed by atoms with Gasteiger partial charge in [-0.2, -0.15) is 0 Å². The SMILES string of the molecule is CO[C@@H](C(=O)O)c1ccc(Br)s1. The van der Waals surface area contributed by atoms with Gasteiger partial charge in [0.15, 0.2) is 6.10 Å². The average Bonchev–Trinajstić information content (AvgIpc) is 2.37. The third-order valence-electron chi connectivity index (χ3n) is 1.31. The Labute approximate surface area is 82.1 Å². The molecule has 1 rings (SSSR count). The number of carboxylic acids is 1. The van der Waals surface area contributed by atoms with Crippen LogP contribution in [0.3, 0.4) is 0 Å². The summed E-state index contributed by atoms with van der Waals surface area (Å²) >= 11 is 4.61. The number of halogens is 1. The van der Waals surface area contributed by atoms with Gasteiger partial charge in [0, 0.05) is 12.0 Å². The number of aliphatic carboxylic acids is 1. The largest absolute Gasteiger partial charge is 0.479 e. The van der Waals surface area contributed by atoms with Crippen molar-refractivity contribution in [3.05, 3.63) is 20.8 Å². The lowest BCUT2D eigenvalue weighted by Gasteiger charge is -2.06. The van der Waals surface area contributed by atoms with Crippen LogP contribution in [0.15, 0.2) is 15.9 Å². The molecule has 0 amide bonds. The summed E-state index contributed by atoms with van der Waals surface area (Å²) in [7, 11) is 1.38. The van der Waals surface area contributed by atoms with E-state index in [4.69, 9.17) is 9.84 Å². The Morgan fingerprint density at radius 1 is 1.75 bits per heavy atom. The van der Waals surface area contributed by atoms with Crippen molar-refractivity contribution in [1.29, 1.82) is 0 Å². The number of hydrogen-bond acceptors (Lipinski definition) is 3. The molecule has 0 aliphatic carbocycles. The fraction of sp³-hybridized carbons (Fsp3) is 0.286. The highest BCUT2D eigenvalue weighted by Crippen LogP contribution is 2.28. The van der Waals surface area contributed by atoms with Crippen LogP contribution < -0.4 is 0 Å². The highest BCUT2D eigenvalue weighted by molar-refractivity contribution is 9.11. The Morgan fingerprint density at radius 3 is 2.75 bits per heavy atom. The van der Waals surface area contributed by atoms with Gasteiger partial charge >= 0.3 is 5.97 Å². The first-order valence-corrected chi connectivity index (χ1v) is 4.77. The van der Waals surface area contributed by atoms with Crippen LogP contribution in [0.2, 0.25) is 0 Å². The van der Waals surface area contributed by atoms with Crippen molar-refractivity contribution in [3.8, 4) is 0 Å². The van der Waals surface area contributed by atoms with E-state index in [2.05, 4.69) is 15.9 Å². The summed E-state index contributed by atoms with van der Waals surface area (Å²) in [4.78, 5) is 11.3. The average molecular weight is 251 g/mol. The van der Waals surface area contributed by atoms with E-state index in [1.54, 1.807) is 12.1 Å². The maximum Gasteiger partial charge on any atom is 0.338 e. The van der Waals surface area contributed by atoms with Gasteiger partial charge in [0.1, 0.15) is 0 Å². The zero-order valence-corrected chi connectivity index (χ0v) is 8.68. The summed E-state index contributed by atoms with van der Waals surface area (Å²) in [6.45, 7) is 0. The van der Waals surface area contributed by atoms with Gasteiger partial charge in [0.25, 0.3) is 0 Å². The Kier molecular flexibility index (Phi) is 3.25. The summed E-state index contributed by atoms with van der Waals surface area (Å²) in [6, 6.07) is 3.53. The molecule has 5 heteroatoms. The molecule has 0 saturated carbocycles. The molecular formula is C7H7BrO3S. The molecule has 12 heavy (non-hydrogen) atoms. The first kappa shape index (κ1) is 9.70. The van der Waals surface area contributed by atoms with Gasteiger partial charge in [0.05, 0.1) is 3.79 Å². The van der Waals surface area contributed by atoms with Gasteiger partial charge in [-0.15, -0.1) is 11.3 Å². The Balaban J connectivity index is 2.87. The van der Waals surface area contributed by atoms with Crippen molar-refractivity contribution in [2.45, 2.75) is 6.10 Å². The van der Waals surface area contributed by atoms with E-state index < -0.39 is 12.1 Å². The number of carbonyl (C=O) groups is 1. The number of carboxylic acid groups (broad SMARTS) is 1. The Hall–Kier alpha value is -0.390. The fourth-order valence-electron chi connectivity index (χ4n) is 0.808. The molecule has 1 heterocycles. The van der Waals surface area contributed by atoms with Crippen molar-refractivity contribution in [2.75, 3.05) is 7.11 Å². The number of rotatable bonds is 3. The number of thiophene rings is 1. The van der Waals surface area contributed by atoms with Crippen molar-refractivity contribution >= 4 is 33.2 Å². The predicted molar refractivity (Wildman–Crippen MR) is 49.4 cm³/mol. The zero-order chi connectivity index (χ0) is 9.14. The molecule has 0 bridgehead atoms. The number of ether oxygens (including phenoxy) is 1. The maximum absolute atomic E-state index is 10.6. The van der Waals surface area contributed by atoms with Crippen LogP contribution in [-0.4, -0.2) is 18.2 Å². The molecule has 3 nitrogen and oxygen atoms in total. The van der Waals surface area contributed by atoms with Crippen LogP contribution >= 0.6 is 27.3 Å². The third kappa shape index (κ3) is 2.06. The second-order valence-electron chi connectivity index (χ2n) is 2.10. The van der Waals surface area contributed by atoms with E-state index in [1.807, 2.05) is 0 Å². The molecule has 0 spiro atoms. The van der Waals surface area contributed by atoms with Crippen LogP contribution in [0.4, 0.5) is 0 Å². The van der Waals surface area contributed by atoms with E-state index in [0.717, 1.165) is 3.79 Å². The Morgan fingerprint density at radius 2 is 2.42 bits per heavy atom. The van der Waals surface area contributed by atoms with Crippen molar-refractivity contribution < 1.29 is 14.6 Å². The maximum atomic E-state index is 10.6. The molecule has 0 radical (unpaired) electrons. The van der Waals surface area contributed by atoms with Crippen LogP contribution in [-0.2, 0) is 9.53 Å². The predicted octanol–water partition coefficient (Wildman–Crippen LogP) is 2.28. The fourth-order valence-corrected chi connectivity index (χ4v) is 2.30.